The molecule has 0 aliphatic heterocycles. The lowest BCUT2D eigenvalue weighted by atomic mass is 9.98. The first-order valence-corrected chi connectivity index (χ1v) is 12.1. The van der Waals surface area contributed by atoms with Gasteiger partial charge in [0.2, 0.25) is 5.91 Å². The van der Waals surface area contributed by atoms with Crippen LogP contribution in [0.15, 0.2) is 78.9 Å². The molecule has 1 atom stereocenters. The van der Waals surface area contributed by atoms with Crippen LogP contribution in [-0.2, 0) is 25.6 Å². The van der Waals surface area contributed by atoms with E-state index in [1.807, 2.05) is 78.9 Å². The Morgan fingerprint density at radius 2 is 1.51 bits per heavy atom. The van der Waals surface area contributed by atoms with Crippen molar-refractivity contribution < 1.29 is 29.0 Å². The topological polar surface area (TPSA) is 105 Å². The van der Waals surface area contributed by atoms with Crippen molar-refractivity contribution in [3.63, 3.8) is 0 Å². The van der Waals surface area contributed by atoms with Gasteiger partial charge in [-0.1, -0.05) is 78.9 Å². The molecule has 0 radical (unpaired) electrons. The second-order valence-electron chi connectivity index (χ2n) is 8.86. The molecule has 1 unspecified atom stereocenters. The number of carboxylic acids is 1. The average Bonchev–Trinajstić information content (AvgIpc) is 3.23. The molecule has 2 amide bonds. The van der Waals surface area contributed by atoms with E-state index in [1.54, 1.807) is 0 Å². The molecule has 4 rings (SSSR count). The summed E-state index contributed by atoms with van der Waals surface area (Å²) in [6.45, 7) is 0.826. The molecule has 0 fully saturated rings. The lowest BCUT2D eigenvalue weighted by molar-refractivity contribution is -0.143. The molecular formula is C29H30N2O6. The van der Waals surface area contributed by atoms with Crippen LogP contribution in [0.3, 0.4) is 0 Å². The highest BCUT2D eigenvalue weighted by Gasteiger charge is 2.31. The minimum Gasteiger partial charge on any atom is -0.481 e. The molecule has 8 nitrogen and oxygen atoms in total. The van der Waals surface area contributed by atoms with Gasteiger partial charge in [-0.3, -0.25) is 9.59 Å². The fourth-order valence-corrected chi connectivity index (χ4v) is 4.65. The average molecular weight is 503 g/mol. The van der Waals surface area contributed by atoms with E-state index in [-0.39, 0.29) is 32.2 Å². The van der Waals surface area contributed by atoms with Crippen molar-refractivity contribution in [1.82, 2.24) is 10.2 Å². The number of hydrogen-bond donors (Lipinski definition) is 2. The predicted octanol–water partition coefficient (Wildman–Crippen LogP) is 4.04. The van der Waals surface area contributed by atoms with Crippen LogP contribution in [0, 0.1) is 0 Å². The first-order chi connectivity index (χ1) is 18.0. The highest BCUT2D eigenvalue weighted by atomic mass is 16.5. The number of alkyl carbamates (subject to hydrolysis) is 1. The molecule has 0 spiro atoms. The zero-order chi connectivity index (χ0) is 26.2. The van der Waals surface area contributed by atoms with Gasteiger partial charge in [0, 0.05) is 26.1 Å². The summed E-state index contributed by atoms with van der Waals surface area (Å²) in [7, 11) is 1.52. The summed E-state index contributed by atoms with van der Waals surface area (Å²) in [5.74, 6) is -1.87. The monoisotopic (exact) mass is 502 g/mol. The summed E-state index contributed by atoms with van der Waals surface area (Å²) < 4.78 is 10.7. The van der Waals surface area contributed by atoms with Crippen molar-refractivity contribution in [1.29, 1.82) is 0 Å². The molecule has 0 saturated carbocycles. The van der Waals surface area contributed by atoms with Gasteiger partial charge in [0.05, 0.1) is 13.0 Å². The van der Waals surface area contributed by atoms with Crippen LogP contribution < -0.4 is 5.32 Å². The van der Waals surface area contributed by atoms with E-state index >= 15 is 0 Å². The number of benzene rings is 3. The normalized spacial score (nSPS) is 12.8. The smallest absolute Gasteiger partial charge is 0.407 e. The van der Waals surface area contributed by atoms with Crippen LogP contribution in [-0.4, -0.2) is 60.9 Å². The van der Waals surface area contributed by atoms with Crippen LogP contribution in [0.2, 0.25) is 0 Å². The van der Waals surface area contributed by atoms with E-state index in [0.29, 0.717) is 0 Å². The molecule has 0 bridgehead atoms. The molecule has 0 aromatic heterocycles. The Balaban J connectivity index is 1.45. The van der Waals surface area contributed by atoms with E-state index < -0.39 is 30.4 Å². The van der Waals surface area contributed by atoms with Crippen molar-refractivity contribution in [2.24, 2.45) is 0 Å². The van der Waals surface area contributed by atoms with Crippen LogP contribution in [0.4, 0.5) is 4.79 Å². The van der Waals surface area contributed by atoms with Crippen molar-refractivity contribution in [2.75, 3.05) is 26.9 Å². The minimum atomic E-state index is -1.28. The summed E-state index contributed by atoms with van der Waals surface area (Å²) in [6, 6.07) is 24.0. The number of carbonyl (C=O) groups excluding carboxylic acids is 2. The van der Waals surface area contributed by atoms with Gasteiger partial charge in [-0.05, 0) is 27.8 Å². The van der Waals surface area contributed by atoms with E-state index in [0.717, 1.165) is 27.8 Å². The maximum Gasteiger partial charge on any atom is 0.407 e. The number of ether oxygens (including phenoxy) is 2. The highest BCUT2D eigenvalue weighted by molar-refractivity contribution is 5.89. The number of carbonyl (C=O) groups is 3. The maximum absolute atomic E-state index is 13.3. The van der Waals surface area contributed by atoms with Gasteiger partial charge in [0.1, 0.15) is 12.6 Å². The minimum absolute atomic E-state index is 0.0608. The number of fused-ring (bicyclic) bond motifs is 3. The SMILES string of the molecule is COCCN(Cc1ccccc1)C(=O)C(CC(=O)O)NC(=O)OCC1c2ccccc2-c2ccccc21. The summed E-state index contributed by atoms with van der Waals surface area (Å²) in [5, 5.41) is 11.9. The number of methoxy groups -OCH3 is 1. The quantitative estimate of drug-likeness (QED) is 0.410. The lowest BCUT2D eigenvalue weighted by Crippen LogP contribution is -2.50. The summed E-state index contributed by atoms with van der Waals surface area (Å²) in [5.41, 5.74) is 5.19. The first-order valence-electron chi connectivity index (χ1n) is 12.1. The van der Waals surface area contributed by atoms with Gasteiger partial charge >= 0.3 is 12.1 Å². The Bertz CT molecular complexity index is 1200. The molecular weight excluding hydrogens is 472 g/mol. The van der Waals surface area contributed by atoms with E-state index in [9.17, 15) is 19.5 Å². The summed E-state index contributed by atoms with van der Waals surface area (Å²) in [4.78, 5) is 39.2. The third-order valence-corrected chi connectivity index (χ3v) is 6.41. The van der Waals surface area contributed by atoms with Gasteiger partial charge in [-0.15, -0.1) is 0 Å². The van der Waals surface area contributed by atoms with Crippen molar-refractivity contribution in [3.05, 3.63) is 95.6 Å². The van der Waals surface area contributed by atoms with Gasteiger partial charge < -0.3 is 24.8 Å². The van der Waals surface area contributed by atoms with Gasteiger partial charge in [-0.25, -0.2) is 4.79 Å². The van der Waals surface area contributed by atoms with Crippen molar-refractivity contribution in [2.45, 2.75) is 24.9 Å². The molecule has 3 aromatic rings. The van der Waals surface area contributed by atoms with Gasteiger partial charge in [-0.2, -0.15) is 0 Å². The number of aliphatic carboxylic acids is 1. The molecule has 0 saturated heterocycles. The number of hydrogen-bond acceptors (Lipinski definition) is 5. The third-order valence-electron chi connectivity index (χ3n) is 6.41. The Kier molecular flexibility index (Phi) is 8.53. The lowest BCUT2D eigenvalue weighted by Gasteiger charge is -2.27. The second kappa shape index (κ2) is 12.2. The first kappa shape index (κ1) is 25.9. The van der Waals surface area contributed by atoms with E-state index in [2.05, 4.69) is 5.32 Å². The van der Waals surface area contributed by atoms with Crippen LogP contribution in [0.25, 0.3) is 11.1 Å². The van der Waals surface area contributed by atoms with Gasteiger partial charge in [0.25, 0.3) is 0 Å². The van der Waals surface area contributed by atoms with E-state index in [1.165, 1.54) is 12.0 Å². The zero-order valence-corrected chi connectivity index (χ0v) is 20.6. The Morgan fingerprint density at radius 3 is 2.11 bits per heavy atom. The number of nitrogens with one attached hydrogen (secondary N) is 1. The maximum atomic E-state index is 13.3. The van der Waals surface area contributed by atoms with Crippen molar-refractivity contribution >= 4 is 18.0 Å². The predicted molar refractivity (Wildman–Crippen MR) is 138 cm³/mol. The number of carboxylic acid groups (broad SMARTS) is 1. The number of nitrogens with zero attached hydrogens (tertiary/aromatic N) is 1. The molecule has 2 N–H and O–H groups in total. The van der Waals surface area contributed by atoms with Gasteiger partial charge in [0.15, 0.2) is 0 Å². The van der Waals surface area contributed by atoms with Crippen molar-refractivity contribution in [3.8, 4) is 11.1 Å². The van der Waals surface area contributed by atoms with Crippen LogP contribution in [0.1, 0.15) is 29.0 Å². The summed E-state index contributed by atoms with van der Waals surface area (Å²) in [6.07, 6.45) is -1.41. The zero-order valence-electron chi connectivity index (χ0n) is 20.6. The molecule has 1 aliphatic carbocycles. The summed E-state index contributed by atoms with van der Waals surface area (Å²) >= 11 is 0. The third kappa shape index (κ3) is 6.34. The van der Waals surface area contributed by atoms with E-state index in [4.69, 9.17) is 9.47 Å². The number of amides is 2. The fourth-order valence-electron chi connectivity index (χ4n) is 4.65. The highest BCUT2D eigenvalue weighted by Crippen LogP contribution is 2.44. The Labute approximate surface area is 215 Å². The molecule has 8 heteroatoms. The fraction of sp³-hybridized carbons (Fsp3) is 0.276. The molecule has 37 heavy (non-hydrogen) atoms. The largest absolute Gasteiger partial charge is 0.481 e. The molecule has 0 heterocycles. The molecule has 3 aromatic carbocycles. The van der Waals surface area contributed by atoms with Crippen LogP contribution >= 0.6 is 0 Å². The van der Waals surface area contributed by atoms with Crippen LogP contribution in [0.5, 0.6) is 0 Å². The molecule has 1 aliphatic rings. The molecule has 192 valence electrons. The second-order valence-corrected chi connectivity index (χ2v) is 8.86. The Morgan fingerprint density at radius 1 is 0.919 bits per heavy atom. The number of rotatable bonds is 11. The standard InChI is InChI=1S/C29H30N2O6/c1-36-16-15-31(18-20-9-3-2-4-10-20)28(34)26(17-27(32)33)30-29(35)37-19-25-23-13-7-5-11-21(23)22-12-6-8-14-24(22)25/h2-14,25-26H,15-19H2,1H3,(H,30,35)(H,32,33). The Hall–Kier alpha value is -4.17.